The van der Waals surface area contributed by atoms with E-state index in [9.17, 15) is 5.11 Å². The van der Waals surface area contributed by atoms with E-state index in [4.69, 9.17) is 10.8 Å². The fraction of sp³-hybridized carbons (Fsp3) is 0.895. The zero-order valence-electron chi connectivity index (χ0n) is 14.7. The summed E-state index contributed by atoms with van der Waals surface area (Å²) in [6.45, 7) is 3.56. The smallest absolute Gasteiger partial charge is 0.139 e. The van der Waals surface area contributed by atoms with Crippen LogP contribution in [-0.2, 0) is 0 Å². The molecule has 0 radical (unpaired) electrons. The summed E-state index contributed by atoms with van der Waals surface area (Å²) in [5.74, 6) is 5.75. The molecular weight excluding hydrogens is 274 g/mol. The first-order valence-electron chi connectivity index (χ1n) is 9.13. The highest BCUT2D eigenvalue weighted by Crippen LogP contribution is 2.12. The number of nitrogens with two attached hydrogens (primary N) is 1. The van der Waals surface area contributed by atoms with Crippen molar-refractivity contribution in [3.05, 3.63) is 0 Å². The van der Waals surface area contributed by atoms with E-state index in [1.54, 1.807) is 6.92 Å². The summed E-state index contributed by atoms with van der Waals surface area (Å²) in [6, 6.07) is -0.697. The third kappa shape index (κ3) is 12.0. The molecular formula is C19H37NO2. The van der Waals surface area contributed by atoms with Crippen LogP contribution in [0.3, 0.4) is 0 Å². The Morgan fingerprint density at radius 1 is 0.909 bits per heavy atom. The van der Waals surface area contributed by atoms with Crippen molar-refractivity contribution in [3.8, 4) is 11.8 Å². The van der Waals surface area contributed by atoms with Crippen molar-refractivity contribution in [1.29, 1.82) is 0 Å². The molecule has 0 fully saturated rings. The summed E-state index contributed by atoms with van der Waals surface area (Å²) in [5.41, 5.74) is 4.31. The van der Waals surface area contributed by atoms with Crippen molar-refractivity contribution in [2.45, 2.75) is 103 Å². The lowest BCUT2D eigenvalue weighted by atomic mass is 9.98. The largest absolute Gasteiger partial charge is 0.395 e. The summed E-state index contributed by atoms with van der Waals surface area (Å²) in [6.07, 6.45) is 15.3. The van der Waals surface area contributed by atoms with Crippen LogP contribution in [0.15, 0.2) is 0 Å². The van der Waals surface area contributed by atoms with Crippen LogP contribution in [0.4, 0.5) is 0 Å². The third-order valence-electron chi connectivity index (χ3n) is 4.17. The molecule has 0 aliphatic heterocycles. The van der Waals surface area contributed by atoms with Gasteiger partial charge in [-0.1, -0.05) is 77.1 Å². The summed E-state index contributed by atoms with van der Waals surface area (Å²) >= 11 is 0. The number of aliphatic hydroxyl groups excluding tert-OH is 1. The Bertz CT molecular complexity index is 304. The maximum absolute atomic E-state index is 9.90. The highest BCUT2D eigenvalue weighted by molar-refractivity contribution is 5.15. The minimum Gasteiger partial charge on any atom is -0.395 e. The number of aliphatic hydroxyl groups is 2. The van der Waals surface area contributed by atoms with Crippen LogP contribution in [0.1, 0.15) is 90.9 Å². The van der Waals surface area contributed by atoms with E-state index < -0.39 is 11.6 Å². The number of hydrogen-bond acceptors (Lipinski definition) is 3. The summed E-state index contributed by atoms with van der Waals surface area (Å²) in [7, 11) is 0. The van der Waals surface area contributed by atoms with Gasteiger partial charge in [-0.3, -0.25) is 0 Å². The number of rotatable bonds is 13. The minimum atomic E-state index is -1.29. The van der Waals surface area contributed by atoms with Crippen molar-refractivity contribution in [2.24, 2.45) is 5.73 Å². The van der Waals surface area contributed by atoms with Gasteiger partial charge in [0, 0.05) is 6.42 Å². The Morgan fingerprint density at radius 3 is 1.82 bits per heavy atom. The molecule has 0 aliphatic carbocycles. The lowest BCUT2D eigenvalue weighted by molar-refractivity contribution is 0.0648. The van der Waals surface area contributed by atoms with Gasteiger partial charge in [0.15, 0.2) is 0 Å². The lowest BCUT2D eigenvalue weighted by Crippen LogP contribution is -2.47. The topological polar surface area (TPSA) is 66.5 Å². The molecule has 0 saturated heterocycles. The van der Waals surface area contributed by atoms with Gasteiger partial charge >= 0.3 is 0 Å². The molecule has 0 heterocycles. The maximum atomic E-state index is 9.90. The van der Waals surface area contributed by atoms with Crippen molar-refractivity contribution in [2.75, 3.05) is 6.61 Å². The molecule has 0 amide bonds. The minimum absolute atomic E-state index is 0.250. The van der Waals surface area contributed by atoms with E-state index in [-0.39, 0.29) is 6.61 Å². The van der Waals surface area contributed by atoms with Gasteiger partial charge in [-0.05, 0) is 13.3 Å². The van der Waals surface area contributed by atoms with Gasteiger partial charge in [0.25, 0.3) is 0 Å². The second-order valence-electron chi connectivity index (χ2n) is 6.52. The van der Waals surface area contributed by atoms with Gasteiger partial charge in [-0.2, -0.15) is 0 Å². The van der Waals surface area contributed by atoms with E-state index in [2.05, 4.69) is 18.8 Å². The SMILES string of the molecule is CCCCCCCCCCCCCC#C[C@@](C)(O)[C@@H](N)CO. The Balaban J connectivity index is 3.41. The molecule has 0 aromatic rings. The van der Waals surface area contributed by atoms with Crippen LogP contribution in [0.25, 0.3) is 0 Å². The third-order valence-corrected chi connectivity index (χ3v) is 4.17. The summed E-state index contributed by atoms with van der Waals surface area (Å²) in [5, 5.41) is 18.8. The summed E-state index contributed by atoms with van der Waals surface area (Å²) < 4.78 is 0. The normalized spacial score (nSPS) is 15.0. The van der Waals surface area contributed by atoms with Crippen molar-refractivity contribution in [3.63, 3.8) is 0 Å². The van der Waals surface area contributed by atoms with E-state index in [1.807, 2.05) is 0 Å². The molecule has 0 saturated carbocycles. The van der Waals surface area contributed by atoms with Gasteiger partial charge in [0.2, 0.25) is 0 Å². The fourth-order valence-corrected chi connectivity index (χ4v) is 2.39. The van der Waals surface area contributed by atoms with Gasteiger partial charge in [0.1, 0.15) is 5.60 Å². The van der Waals surface area contributed by atoms with Crippen LogP contribution < -0.4 is 5.73 Å². The zero-order valence-corrected chi connectivity index (χ0v) is 14.7. The van der Waals surface area contributed by atoms with E-state index >= 15 is 0 Å². The fourth-order valence-electron chi connectivity index (χ4n) is 2.39. The van der Waals surface area contributed by atoms with Gasteiger partial charge in [-0.25, -0.2) is 0 Å². The first kappa shape index (κ1) is 21.4. The van der Waals surface area contributed by atoms with Gasteiger partial charge in [-0.15, -0.1) is 5.92 Å². The first-order valence-corrected chi connectivity index (χ1v) is 9.13. The molecule has 3 nitrogen and oxygen atoms in total. The molecule has 0 aromatic carbocycles. The predicted molar refractivity (Wildman–Crippen MR) is 94.5 cm³/mol. The van der Waals surface area contributed by atoms with Crippen molar-refractivity contribution < 1.29 is 10.2 Å². The highest BCUT2D eigenvalue weighted by Gasteiger charge is 2.25. The Morgan fingerprint density at radius 2 is 1.36 bits per heavy atom. The van der Waals surface area contributed by atoms with E-state index in [0.29, 0.717) is 0 Å². The number of unbranched alkanes of at least 4 members (excludes halogenated alkanes) is 11. The van der Waals surface area contributed by atoms with Crippen molar-refractivity contribution in [1.82, 2.24) is 0 Å². The molecule has 0 bridgehead atoms. The molecule has 4 N–H and O–H groups in total. The predicted octanol–water partition coefficient (Wildman–Crippen LogP) is 3.76. The Labute approximate surface area is 137 Å². The molecule has 0 rings (SSSR count). The Hall–Kier alpha value is -0.560. The number of hydrogen-bond donors (Lipinski definition) is 3. The molecule has 22 heavy (non-hydrogen) atoms. The van der Waals surface area contributed by atoms with E-state index in [1.165, 1.54) is 64.2 Å². The molecule has 130 valence electrons. The van der Waals surface area contributed by atoms with Gasteiger partial charge in [0.05, 0.1) is 12.6 Å². The van der Waals surface area contributed by atoms with E-state index in [0.717, 1.165) is 12.8 Å². The van der Waals surface area contributed by atoms with Crippen LogP contribution in [0, 0.1) is 11.8 Å². The molecule has 0 spiro atoms. The first-order chi connectivity index (χ1) is 10.5. The molecule has 3 heteroatoms. The monoisotopic (exact) mass is 311 g/mol. The standard InChI is InChI=1S/C19H37NO2/c1-3-4-5-6-7-8-9-10-11-12-13-14-15-16-19(2,22)18(20)17-21/h18,21-22H,3-14,17,20H2,1-2H3/t18-,19+/m0/s1. The molecule has 0 aromatic heterocycles. The quantitative estimate of drug-likeness (QED) is 0.358. The van der Waals surface area contributed by atoms with Crippen molar-refractivity contribution >= 4 is 0 Å². The average Bonchev–Trinajstić information content (AvgIpc) is 2.50. The molecule has 2 atom stereocenters. The molecule has 0 unspecified atom stereocenters. The molecule has 0 aliphatic rings. The second-order valence-corrected chi connectivity index (χ2v) is 6.52. The van der Waals surface area contributed by atoms with Crippen LogP contribution >= 0.6 is 0 Å². The second kappa shape index (κ2) is 14.1. The van der Waals surface area contributed by atoms with Gasteiger partial charge < -0.3 is 15.9 Å². The van der Waals surface area contributed by atoms with Crippen LogP contribution in [0.2, 0.25) is 0 Å². The van der Waals surface area contributed by atoms with Crippen LogP contribution in [-0.4, -0.2) is 28.5 Å². The highest BCUT2D eigenvalue weighted by atomic mass is 16.3. The van der Waals surface area contributed by atoms with Crippen LogP contribution in [0.5, 0.6) is 0 Å². The average molecular weight is 312 g/mol. The lowest BCUT2D eigenvalue weighted by Gasteiger charge is -2.22. The maximum Gasteiger partial charge on any atom is 0.139 e. The zero-order chi connectivity index (χ0) is 16.7. The Kier molecular flexibility index (Phi) is 13.7. The summed E-state index contributed by atoms with van der Waals surface area (Å²) in [4.78, 5) is 0.